The van der Waals surface area contributed by atoms with Crippen LogP contribution in [0.15, 0.2) is 0 Å². The average Bonchev–Trinajstić information content (AvgIpc) is 2.29. The van der Waals surface area contributed by atoms with Crippen molar-refractivity contribution in [3.8, 4) is 0 Å². The largest absolute Gasteiger partial charge is 0.391 e. The summed E-state index contributed by atoms with van der Waals surface area (Å²) in [5.74, 6) is 0.757. The Balaban J connectivity index is 1.96. The van der Waals surface area contributed by atoms with Crippen molar-refractivity contribution in [3.63, 3.8) is 0 Å². The Morgan fingerprint density at radius 1 is 1.12 bits per heavy atom. The quantitative estimate of drug-likeness (QED) is 0.778. The van der Waals surface area contributed by atoms with Gasteiger partial charge in [-0.05, 0) is 32.2 Å². The van der Waals surface area contributed by atoms with Crippen molar-refractivity contribution in [3.05, 3.63) is 0 Å². The third-order valence-corrected chi connectivity index (χ3v) is 4.40. The summed E-state index contributed by atoms with van der Waals surface area (Å²) in [6.45, 7) is 3.75. The van der Waals surface area contributed by atoms with E-state index in [1.54, 1.807) is 0 Å². The zero-order chi connectivity index (χ0) is 11.5. The maximum Gasteiger partial charge on any atom is 0.0739 e. The molecule has 2 rings (SSSR count). The highest BCUT2D eigenvalue weighted by Crippen LogP contribution is 2.29. The molecule has 16 heavy (non-hydrogen) atoms. The highest BCUT2D eigenvalue weighted by molar-refractivity contribution is 4.87. The molecule has 1 saturated carbocycles. The van der Waals surface area contributed by atoms with Gasteiger partial charge in [0, 0.05) is 12.6 Å². The summed E-state index contributed by atoms with van der Waals surface area (Å²) in [4.78, 5) is 2.38. The van der Waals surface area contributed by atoms with Crippen molar-refractivity contribution >= 4 is 0 Å². The van der Waals surface area contributed by atoms with Gasteiger partial charge in [0.15, 0.2) is 0 Å². The van der Waals surface area contributed by atoms with E-state index < -0.39 is 0 Å². The van der Waals surface area contributed by atoms with Gasteiger partial charge in [-0.25, -0.2) is 0 Å². The fraction of sp³-hybridized carbons (Fsp3) is 1.00. The number of rotatable bonds is 2. The second kappa shape index (κ2) is 5.48. The van der Waals surface area contributed by atoms with Gasteiger partial charge in [-0.1, -0.05) is 19.8 Å². The molecule has 0 radical (unpaired) electrons. The van der Waals surface area contributed by atoms with Gasteiger partial charge in [-0.2, -0.15) is 0 Å². The molecule has 3 nitrogen and oxygen atoms in total. The van der Waals surface area contributed by atoms with Crippen LogP contribution in [0.3, 0.4) is 0 Å². The van der Waals surface area contributed by atoms with Crippen molar-refractivity contribution in [2.24, 2.45) is 5.92 Å². The van der Waals surface area contributed by atoms with Crippen molar-refractivity contribution in [2.45, 2.75) is 57.2 Å². The predicted octanol–water partition coefficient (Wildman–Crippen LogP) is 1.65. The minimum absolute atomic E-state index is 0.201. The molecule has 0 bridgehead atoms. The molecule has 0 amide bonds. The van der Waals surface area contributed by atoms with Gasteiger partial charge < -0.3 is 9.84 Å². The second-order valence-corrected chi connectivity index (χ2v) is 5.49. The molecule has 3 heteroatoms. The van der Waals surface area contributed by atoms with Crippen LogP contribution in [0.25, 0.3) is 0 Å². The van der Waals surface area contributed by atoms with Gasteiger partial charge in [-0.15, -0.1) is 0 Å². The molecule has 2 fully saturated rings. The number of aliphatic hydroxyl groups excluding tert-OH is 1. The van der Waals surface area contributed by atoms with Crippen LogP contribution in [0.4, 0.5) is 0 Å². The molecule has 1 aliphatic heterocycles. The van der Waals surface area contributed by atoms with Gasteiger partial charge >= 0.3 is 0 Å². The first-order valence-corrected chi connectivity index (χ1v) is 6.68. The first kappa shape index (κ1) is 12.3. The third-order valence-electron chi connectivity index (χ3n) is 4.40. The summed E-state index contributed by atoms with van der Waals surface area (Å²) in [5.41, 5.74) is 0. The van der Waals surface area contributed by atoms with E-state index in [0.29, 0.717) is 19.3 Å². The summed E-state index contributed by atoms with van der Waals surface area (Å²) in [6.07, 6.45) is 5.90. The standard InChI is InChI=1S/C13H25NO2/c1-10-5-3-4-6-11(10)14(2)12-9-16-8-7-13(12)15/h10-13,15H,3-9H2,1-2H3. The zero-order valence-corrected chi connectivity index (χ0v) is 10.6. The number of hydrogen-bond donors (Lipinski definition) is 1. The van der Waals surface area contributed by atoms with E-state index in [1.165, 1.54) is 25.7 Å². The number of aliphatic hydroxyl groups is 1. The molecule has 4 unspecified atom stereocenters. The van der Waals surface area contributed by atoms with Crippen LogP contribution in [0.2, 0.25) is 0 Å². The summed E-state index contributed by atoms with van der Waals surface area (Å²) < 4.78 is 5.50. The lowest BCUT2D eigenvalue weighted by molar-refractivity contribution is -0.0745. The molecular formula is C13H25NO2. The summed E-state index contributed by atoms with van der Waals surface area (Å²) >= 11 is 0. The molecule has 0 spiro atoms. The van der Waals surface area contributed by atoms with E-state index in [-0.39, 0.29) is 12.1 Å². The monoisotopic (exact) mass is 227 g/mol. The number of nitrogens with zero attached hydrogens (tertiary/aromatic N) is 1. The van der Waals surface area contributed by atoms with E-state index in [2.05, 4.69) is 18.9 Å². The molecular weight excluding hydrogens is 202 g/mol. The lowest BCUT2D eigenvalue weighted by atomic mass is 9.84. The first-order chi connectivity index (χ1) is 7.70. The van der Waals surface area contributed by atoms with Crippen LogP contribution < -0.4 is 0 Å². The number of hydrogen-bond acceptors (Lipinski definition) is 3. The van der Waals surface area contributed by atoms with Crippen molar-refractivity contribution in [2.75, 3.05) is 20.3 Å². The maximum atomic E-state index is 10.0. The predicted molar refractivity (Wildman–Crippen MR) is 64.4 cm³/mol. The fourth-order valence-electron chi connectivity index (χ4n) is 3.25. The van der Waals surface area contributed by atoms with Crippen LogP contribution in [-0.4, -0.2) is 48.5 Å². The molecule has 1 heterocycles. The molecule has 1 aliphatic carbocycles. The van der Waals surface area contributed by atoms with Gasteiger partial charge in [-0.3, -0.25) is 4.90 Å². The summed E-state index contributed by atoms with van der Waals surface area (Å²) in [6, 6.07) is 0.842. The Hall–Kier alpha value is -0.120. The lowest BCUT2D eigenvalue weighted by Crippen LogP contribution is -2.54. The van der Waals surface area contributed by atoms with Crippen LogP contribution in [0.1, 0.15) is 39.0 Å². The Bertz CT molecular complexity index is 200. The van der Waals surface area contributed by atoms with Gasteiger partial charge in [0.1, 0.15) is 0 Å². The van der Waals surface area contributed by atoms with Crippen molar-refractivity contribution in [1.82, 2.24) is 4.90 Å². The van der Waals surface area contributed by atoms with Crippen LogP contribution in [-0.2, 0) is 4.74 Å². The zero-order valence-electron chi connectivity index (χ0n) is 10.6. The van der Waals surface area contributed by atoms with Crippen LogP contribution in [0, 0.1) is 5.92 Å². The third kappa shape index (κ3) is 2.58. The maximum absolute atomic E-state index is 10.0. The van der Waals surface area contributed by atoms with E-state index in [1.807, 2.05) is 0 Å². The molecule has 1 saturated heterocycles. The lowest BCUT2D eigenvalue weighted by Gasteiger charge is -2.43. The van der Waals surface area contributed by atoms with Crippen LogP contribution >= 0.6 is 0 Å². The topological polar surface area (TPSA) is 32.7 Å². The summed E-state index contributed by atoms with van der Waals surface area (Å²) in [5, 5.41) is 10.0. The van der Waals surface area contributed by atoms with Gasteiger partial charge in [0.25, 0.3) is 0 Å². The van der Waals surface area contributed by atoms with E-state index in [4.69, 9.17) is 4.74 Å². The second-order valence-electron chi connectivity index (χ2n) is 5.49. The summed E-state index contributed by atoms with van der Waals surface area (Å²) in [7, 11) is 2.16. The van der Waals surface area contributed by atoms with E-state index in [0.717, 1.165) is 12.3 Å². The van der Waals surface area contributed by atoms with Gasteiger partial charge in [0.05, 0.1) is 18.8 Å². The SMILES string of the molecule is CC1CCCCC1N(C)C1COCCC1O. The minimum atomic E-state index is -0.201. The van der Waals surface area contributed by atoms with E-state index >= 15 is 0 Å². The Labute approximate surface area is 98.8 Å². The van der Waals surface area contributed by atoms with Gasteiger partial charge in [0.2, 0.25) is 0 Å². The Morgan fingerprint density at radius 3 is 2.56 bits per heavy atom. The van der Waals surface area contributed by atoms with Crippen molar-refractivity contribution in [1.29, 1.82) is 0 Å². The van der Waals surface area contributed by atoms with E-state index in [9.17, 15) is 5.11 Å². The molecule has 4 atom stereocenters. The minimum Gasteiger partial charge on any atom is -0.391 e. The number of likely N-dealkylation sites (N-methyl/N-ethyl adjacent to an activating group) is 1. The highest BCUT2D eigenvalue weighted by atomic mass is 16.5. The normalized spacial score (nSPS) is 41.2. The molecule has 0 aromatic heterocycles. The van der Waals surface area contributed by atoms with Crippen molar-refractivity contribution < 1.29 is 9.84 Å². The average molecular weight is 227 g/mol. The highest BCUT2D eigenvalue weighted by Gasteiger charge is 2.34. The fourth-order valence-corrected chi connectivity index (χ4v) is 3.25. The first-order valence-electron chi connectivity index (χ1n) is 6.68. The Kier molecular flexibility index (Phi) is 4.22. The molecule has 0 aromatic carbocycles. The van der Waals surface area contributed by atoms with Crippen LogP contribution in [0.5, 0.6) is 0 Å². The smallest absolute Gasteiger partial charge is 0.0739 e. The Morgan fingerprint density at radius 2 is 1.88 bits per heavy atom. The number of ether oxygens (including phenoxy) is 1. The molecule has 1 N–H and O–H groups in total. The molecule has 0 aromatic rings. The molecule has 94 valence electrons. The molecule has 2 aliphatic rings.